The molecule has 0 unspecified atom stereocenters. The van der Waals surface area contributed by atoms with Crippen LogP contribution in [0.4, 0.5) is 4.79 Å². The summed E-state index contributed by atoms with van der Waals surface area (Å²) in [5.74, 6) is 2.04. The highest BCUT2D eigenvalue weighted by Crippen LogP contribution is 2.06. The van der Waals surface area contributed by atoms with E-state index in [9.17, 15) is 4.79 Å². The smallest absolute Gasteiger partial charge is 0.407 e. The number of hydrogen-bond donors (Lipinski definition) is 3. The second-order valence-electron chi connectivity index (χ2n) is 6.17. The zero-order chi connectivity index (χ0) is 17.6. The Morgan fingerprint density at radius 1 is 1.09 bits per heavy atom. The van der Waals surface area contributed by atoms with Gasteiger partial charge in [0.2, 0.25) is 0 Å². The number of alkyl carbamates (subject to hydrolysis) is 1. The second-order valence-corrected chi connectivity index (χ2v) is 7.16. The fraction of sp³-hybridized carbons (Fsp3) is 0.875. The fourth-order valence-electron chi connectivity index (χ4n) is 1.69. The summed E-state index contributed by atoms with van der Waals surface area (Å²) < 4.78 is 5.18. The van der Waals surface area contributed by atoms with Crippen molar-refractivity contribution in [3.63, 3.8) is 0 Å². The van der Waals surface area contributed by atoms with Crippen molar-refractivity contribution < 1.29 is 9.53 Å². The summed E-state index contributed by atoms with van der Waals surface area (Å²) in [6, 6.07) is 0. The van der Waals surface area contributed by atoms with Crippen LogP contribution >= 0.6 is 11.8 Å². The van der Waals surface area contributed by atoms with Crippen molar-refractivity contribution >= 4 is 23.8 Å². The van der Waals surface area contributed by atoms with Gasteiger partial charge in [0, 0.05) is 26.2 Å². The summed E-state index contributed by atoms with van der Waals surface area (Å²) in [5.41, 5.74) is -0.458. The molecule has 0 aromatic carbocycles. The Bertz CT molecular complexity index is 343. The monoisotopic (exact) mass is 346 g/mol. The fourth-order valence-corrected chi connectivity index (χ4v) is 2.19. The number of rotatable bonds is 10. The van der Waals surface area contributed by atoms with Gasteiger partial charge in [-0.1, -0.05) is 0 Å². The lowest BCUT2D eigenvalue weighted by Crippen LogP contribution is -2.38. The van der Waals surface area contributed by atoms with E-state index in [0.717, 1.165) is 31.9 Å². The summed E-state index contributed by atoms with van der Waals surface area (Å²) in [4.78, 5) is 16.0. The van der Waals surface area contributed by atoms with Gasteiger partial charge in [-0.2, -0.15) is 11.8 Å². The van der Waals surface area contributed by atoms with Gasteiger partial charge < -0.3 is 20.7 Å². The first-order valence-electron chi connectivity index (χ1n) is 8.37. The van der Waals surface area contributed by atoms with Crippen molar-refractivity contribution in [2.45, 2.75) is 52.6 Å². The molecular formula is C16H34N4O2S. The van der Waals surface area contributed by atoms with E-state index >= 15 is 0 Å². The molecule has 7 heteroatoms. The highest BCUT2D eigenvalue weighted by Gasteiger charge is 2.15. The minimum absolute atomic E-state index is 0.375. The van der Waals surface area contributed by atoms with Crippen molar-refractivity contribution in [3.8, 4) is 0 Å². The molecular weight excluding hydrogens is 312 g/mol. The maximum absolute atomic E-state index is 11.5. The van der Waals surface area contributed by atoms with Gasteiger partial charge in [-0.3, -0.25) is 4.99 Å². The van der Waals surface area contributed by atoms with Crippen molar-refractivity contribution in [1.29, 1.82) is 0 Å². The molecule has 0 aromatic heterocycles. The van der Waals surface area contributed by atoms with Crippen LogP contribution in [0.1, 0.15) is 47.0 Å². The number of unbranched alkanes of at least 4 members (excludes halogenated alkanes) is 1. The first-order valence-corrected chi connectivity index (χ1v) is 9.76. The van der Waals surface area contributed by atoms with Gasteiger partial charge in [0.15, 0.2) is 5.96 Å². The minimum Gasteiger partial charge on any atom is -0.444 e. The Hall–Kier alpha value is -1.11. The van der Waals surface area contributed by atoms with E-state index in [1.54, 1.807) is 0 Å². The summed E-state index contributed by atoms with van der Waals surface area (Å²) in [7, 11) is 0. The number of aliphatic imine (C=N–C) groups is 1. The summed E-state index contributed by atoms with van der Waals surface area (Å²) in [6.07, 6.45) is 4.89. The molecule has 0 heterocycles. The van der Waals surface area contributed by atoms with E-state index in [4.69, 9.17) is 4.74 Å². The van der Waals surface area contributed by atoms with Crippen LogP contribution in [0, 0.1) is 0 Å². The van der Waals surface area contributed by atoms with E-state index in [1.165, 1.54) is 12.2 Å². The average molecular weight is 347 g/mol. The molecule has 0 atom stereocenters. The van der Waals surface area contributed by atoms with E-state index in [2.05, 4.69) is 34.1 Å². The van der Waals surface area contributed by atoms with Crippen molar-refractivity contribution in [2.24, 2.45) is 4.99 Å². The average Bonchev–Trinajstić information content (AvgIpc) is 2.44. The SMILES string of the molecule is CCNC(=NCCCNC(=O)OC(C)(C)C)NCCCCSC. The van der Waals surface area contributed by atoms with E-state index < -0.39 is 5.60 Å². The van der Waals surface area contributed by atoms with Gasteiger partial charge >= 0.3 is 6.09 Å². The summed E-state index contributed by atoms with van der Waals surface area (Å²) >= 11 is 1.88. The molecule has 0 spiro atoms. The van der Waals surface area contributed by atoms with E-state index in [-0.39, 0.29) is 6.09 Å². The number of thioether (sulfide) groups is 1. The molecule has 3 N–H and O–H groups in total. The third-order valence-corrected chi connectivity index (χ3v) is 3.38. The van der Waals surface area contributed by atoms with Crippen LogP contribution < -0.4 is 16.0 Å². The molecule has 136 valence electrons. The van der Waals surface area contributed by atoms with Crippen LogP contribution in [0.5, 0.6) is 0 Å². The minimum atomic E-state index is -0.458. The molecule has 23 heavy (non-hydrogen) atoms. The van der Waals surface area contributed by atoms with Crippen LogP contribution in [-0.4, -0.2) is 55.8 Å². The lowest BCUT2D eigenvalue weighted by molar-refractivity contribution is 0.0527. The molecule has 0 saturated carbocycles. The molecule has 0 bridgehead atoms. The quantitative estimate of drug-likeness (QED) is 0.322. The van der Waals surface area contributed by atoms with Gasteiger partial charge in [0.25, 0.3) is 0 Å². The third-order valence-electron chi connectivity index (χ3n) is 2.68. The summed E-state index contributed by atoms with van der Waals surface area (Å²) in [6.45, 7) is 10.6. The predicted octanol–water partition coefficient (Wildman–Crippen LogP) is 2.60. The Balaban J connectivity index is 3.86. The Morgan fingerprint density at radius 2 is 1.78 bits per heavy atom. The Kier molecular flexibility index (Phi) is 12.7. The van der Waals surface area contributed by atoms with E-state index in [0.29, 0.717) is 13.1 Å². The Labute approximate surface area is 145 Å². The number of nitrogens with zero attached hydrogens (tertiary/aromatic N) is 1. The lowest BCUT2D eigenvalue weighted by Gasteiger charge is -2.19. The molecule has 0 radical (unpaired) electrons. The van der Waals surface area contributed by atoms with Gasteiger partial charge in [0.1, 0.15) is 5.60 Å². The molecule has 0 aliphatic rings. The van der Waals surface area contributed by atoms with Crippen LogP contribution in [0.15, 0.2) is 4.99 Å². The molecule has 1 amide bonds. The largest absolute Gasteiger partial charge is 0.444 e. The van der Waals surface area contributed by atoms with Crippen LogP contribution in [0.25, 0.3) is 0 Å². The maximum atomic E-state index is 11.5. The predicted molar refractivity (Wildman–Crippen MR) is 100 cm³/mol. The molecule has 0 aliphatic carbocycles. The number of nitrogens with one attached hydrogen (secondary N) is 3. The number of guanidine groups is 1. The number of amides is 1. The van der Waals surface area contributed by atoms with Gasteiger partial charge in [-0.25, -0.2) is 4.79 Å². The molecule has 0 fully saturated rings. The van der Waals surface area contributed by atoms with Crippen LogP contribution in [-0.2, 0) is 4.74 Å². The lowest BCUT2D eigenvalue weighted by atomic mass is 10.2. The molecule has 0 rings (SSSR count). The third kappa shape index (κ3) is 15.6. The highest BCUT2D eigenvalue weighted by molar-refractivity contribution is 7.98. The first-order chi connectivity index (χ1) is 10.9. The maximum Gasteiger partial charge on any atom is 0.407 e. The second kappa shape index (κ2) is 13.3. The van der Waals surface area contributed by atoms with Crippen LogP contribution in [0.2, 0.25) is 0 Å². The number of carbonyl (C=O) groups is 1. The zero-order valence-electron chi connectivity index (χ0n) is 15.3. The first kappa shape index (κ1) is 21.9. The zero-order valence-corrected chi connectivity index (χ0v) is 16.1. The number of hydrogen-bond acceptors (Lipinski definition) is 4. The normalized spacial score (nSPS) is 12.0. The molecule has 0 saturated heterocycles. The van der Waals surface area contributed by atoms with Crippen LogP contribution in [0.3, 0.4) is 0 Å². The highest BCUT2D eigenvalue weighted by atomic mass is 32.2. The van der Waals surface area contributed by atoms with E-state index in [1.807, 2.05) is 32.5 Å². The molecule has 0 aromatic rings. The molecule has 6 nitrogen and oxygen atoms in total. The molecule has 0 aliphatic heterocycles. The van der Waals surface area contributed by atoms with Crippen molar-refractivity contribution in [1.82, 2.24) is 16.0 Å². The number of carbonyl (C=O) groups excluding carboxylic acids is 1. The number of ether oxygens (including phenoxy) is 1. The van der Waals surface area contributed by atoms with Crippen molar-refractivity contribution in [3.05, 3.63) is 0 Å². The summed E-state index contributed by atoms with van der Waals surface area (Å²) in [5, 5.41) is 9.29. The van der Waals surface area contributed by atoms with Gasteiger partial charge in [0.05, 0.1) is 0 Å². The standard InChI is InChI=1S/C16H34N4O2S/c1-6-17-14(18-10-7-8-13-23-5)19-11-9-12-20-15(21)22-16(2,3)4/h6-13H2,1-5H3,(H,20,21)(H2,17,18,19). The van der Waals surface area contributed by atoms with Gasteiger partial charge in [-0.15, -0.1) is 0 Å². The van der Waals surface area contributed by atoms with Gasteiger partial charge in [-0.05, 0) is 59.0 Å². The topological polar surface area (TPSA) is 74.8 Å². The Morgan fingerprint density at radius 3 is 2.39 bits per heavy atom. The van der Waals surface area contributed by atoms with Crippen molar-refractivity contribution in [2.75, 3.05) is 38.2 Å².